The lowest BCUT2D eigenvalue weighted by Gasteiger charge is -2.38. The number of piperazine rings is 1. The number of rotatable bonds is 7. The second kappa shape index (κ2) is 9.67. The molecule has 0 radical (unpaired) electrons. The van der Waals surface area contributed by atoms with Crippen molar-refractivity contribution in [2.75, 3.05) is 58.5 Å². The van der Waals surface area contributed by atoms with Gasteiger partial charge in [0.2, 0.25) is 0 Å². The number of methoxy groups -OCH3 is 2. The Morgan fingerprint density at radius 1 is 0.848 bits per heavy atom. The van der Waals surface area contributed by atoms with E-state index in [4.69, 9.17) is 9.47 Å². The molecule has 0 spiro atoms. The third-order valence-electron chi connectivity index (χ3n) is 6.48. The van der Waals surface area contributed by atoms with E-state index < -0.39 is 0 Å². The van der Waals surface area contributed by atoms with Gasteiger partial charge in [0.05, 0.1) is 31.5 Å². The van der Waals surface area contributed by atoms with E-state index in [0.717, 1.165) is 41.2 Å². The third kappa shape index (κ3) is 4.33. The first-order valence-electron chi connectivity index (χ1n) is 11.3. The fourth-order valence-electron chi connectivity index (χ4n) is 4.46. The minimum absolute atomic E-state index is 0.240. The summed E-state index contributed by atoms with van der Waals surface area (Å²) in [6, 6.07) is 13.9. The van der Waals surface area contributed by atoms with Crippen LogP contribution in [0, 0.1) is 13.8 Å². The number of aryl methyl sites for hydroxylation is 2. The summed E-state index contributed by atoms with van der Waals surface area (Å²) in [5, 5.41) is 0. The van der Waals surface area contributed by atoms with Gasteiger partial charge < -0.3 is 19.3 Å². The van der Waals surface area contributed by atoms with Crippen LogP contribution in [0.2, 0.25) is 0 Å². The van der Waals surface area contributed by atoms with Crippen LogP contribution in [0.3, 0.4) is 0 Å². The lowest BCUT2D eigenvalue weighted by molar-refractivity contribution is -0.138. The maximum absolute atomic E-state index is 13.4. The lowest BCUT2D eigenvalue weighted by atomic mass is 9.99. The molecule has 0 N–H and O–H groups in total. The molecule has 0 atom stereocenters. The molecule has 0 saturated carbocycles. The lowest BCUT2D eigenvalue weighted by Crippen LogP contribution is -2.48. The van der Waals surface area contributed by atoms with Gasteiger partial charge in [-0.3, -0.25) is 14.5 Å². The van der Waals surface area contributed by atoms with Gasteiger partial charge in [-0.15, -0.1) is 0 Å². The summed E-state index contributed by atoms with van der Waals surface area (Å²) in [7, 11) is 3.24. The Morgan fingerprint density at radius 2 is 1.55 bits per heavy atom. The first-order valence-corrected chi connectivity index (χ1v) is 11.3. The molecule has 2 amide bonds. The van der Waals surface area contributed by atoms with Gasteiger partial charge in [0.1, 0.15) is 11.4 Å². The smallest absolute Gasteiger partial charge is 0.277 e. The van der Waals surface area contributed by atoms with Crippen molar-refractivity contribution in [3.8, 4) is 5.75 Å². The normalized spacial score (nSPS) is 16.8. The number of benzene rings is 2. The summed E-state index contributed by atoms with van der Waals surface area (Å²) in [5.41, 5.74) is 5.07. The number of hydrogen-bond donors (Lipinski definition) is 0. The fraction of sp³-hybridized carbons (Fsp3) is 0.385. The van der Waals surface area contributed by atoms with E-state index in [1.54, 1.807) is 14.2 Å². The molecule has 4 rings (SSSR count). The summed E-state index contributed by atoms with van der Waals surface area (Å²) in [6.45, 7) is 7.34. The van der Waals surface area contributed by atoms with Crippen LogP contribution in [0.1, 0.15) is 16.7 Å². The standard InChI is InChI=1S/C26H31N3O4/c1-18-9-10-20(17-19(18)2)23-24(26(31)29(25(23)30)15-16-32-3)28-13-11-27(12-14-28)21-7-5-6-8-22(21)33-4/h5-10,17H,11-16H2,1-4H3. The van der Waals surface area contributed by atoms with Crippen LogP contribution in [-0.2, 0) is 14.3 Å². The summed E-state index contributed by atoms with van der Waals surface area (Å²) < 4.78 is 10.7. The second-order valence-corrected chi connectivity index (χ2v) is 8.42. The van der Waals surface area contributed by atoms with Crippen LogP contribution < -0.4 is 9.64 Å². The number of hydrogen-bond acceptors (Lipinski definition) is 6. The van der Waals surface area contributed by atoms with Crippen molar-refractivity contribution in [1.29, 1.82) is 0 Å². The maximum Gasteiger partial charge on any atom is 0.277 e. The molecule has 0 aromatic heterocycles. The van der Waals surface area contributed by atoms with Gasteiger partial charge >= 0.3 is 0 Å². The van der Waals surface area contributed by atoms with E-state index in [1.807, 2.05) is 56.3 Å². The van der Waals surface area contributed by atoms with Gasteiger partial charge in [-0.1, -0.05) is 30.3 Å². The van der Waals surface area contributed by atoms with E-state index in [-0.39, 0.29) is 18.4 Å². The first kappa shape index (κ1) is 22.9. The Kier molecular flexibility index (Phi) is 6.70. The fourth-order valence-corrected chi connectivity index (χ4v) is 4.46. The van der Waals surface area contributed by atoms with Gasteiger partial charge in [-0.25, -0.2) is 0 Å². The summed E-state index contributed by atoms with van der Waals surface area (Å²) >= 11 is 0. The molecule has 2 aromatic rings. The number of imide groups is 1. The summed E-state index contributed by atoms with van der Waals surface area (Å²) in [5.74, 6) is 0.345. The highest BCUT2D eigenvalue weighted by Gasteiger charge is 2.42. The Balaban J connectivity index is 1.65. The molecule has 2 heterocycles. The molecule has 7 nitrogen and oxygen atoms in total. The highest BCUT2D eigenvalue weighted by atomic mass is 16.5. The second-order valence-electron chi connectivity index (χ2n) is 8.42. The zero-order valence-corrected chi connectivity index (χ0v) is 19.8. The Labute approximate surface area is 195 Å². The number of carbonyl (C=O) groups is 2. The van der Waals surface area contributed by atoms with Crippen LogP contribution in [-0.4, -0.2) is 75.2 Å². The SMILES string of the molecule is COCCN1C(=O)C(c2ccc(C)c(C)c2)=C(N2CCN(c3ccccc3OC)CC2)C1=O. The van der Waals surface area contributed by atoms with Gasteiger partial charge in [-0.2, -0.15) is 0 Å². The molecule has 33 heavy (non-hydrogen) atoms. The van der Waals surface area contributed by atoms with Crippen molar-refractivity contribution >= 4 is 23.1 Å². The van der Waals surface area contributed by atoms with Crippen molar-refractivity contribution in [3.63, 3.8) is 0 Å². The minimum Gasteiger partial charge on any atom is -0.495 e. The average molecular weight is 450 g/mol. The van der Waals surface area contributed by atoms with E-state index in [9.17, 15) is 9.59 Å². The van der Waals surface area contributed by atoms with Crippen molar-refractivity contribution < 1.29 is 19.1 Å². The number of nitrogens with zero attached hydrogens (tertiary/aromatic N) is 3. The van der Waals surface area contributed by atoms with Gasteiger partial charge in [-0.05, 0) is 42.7 Å². The Hall–Kier alpha value is -3.32. The van der Waals surface area contributed by atoms with Crippen LogP contribution in [0.5, 0.6) is 5.75 Å². The minimum atomic E-state index is -0.248. The van der Waals surface area contributed by atoms with Crippen LogP contribution >= 0.6 is 0 Å². The molecule has 174 valence electrons. The highest BCUT2D eigenvalue weighted by Crippen LogP contribution is 2.34. The number of carbonyl (C=O) groups excluding carboxylic acids is 2. The molecule has 2 aromatic carbocycles. The van der Waals surface area contributed by atoms with Crippen LogP contribution in [0.4, 0.5) is 5.69 Å². The molecule has 2 aliphatic rings. The quantitative estimate of drug-likeness (QED) is 0.606. The number of para-hydroxylation sites is 2. The van der Waals surface area contributed by atoms with Gasteiger partial charge in [0.15, 0.2) is 0 Å². The molecular weight excluding hydrogens is 418 g/mol. The molecule has 1 saturated heterocycles. The van der Waals surface area contributed by atoms with Crippen LogP contribution in [0.25, 0.3) is 5.57 Å². The highest BCUT2D eigenvalue weighted by molar-refractivity contribution is 6.35. The number of amides is 2. The molecule has 1 fully saturated rings. The van der Waals surface area contributed by atoms with E-state index in [0.29, 0.717) is 31.0 Å². The number of ether oxygens (including phenoxy) is 2. The molecule has 0 aliphatic carbocycles. The summed E-state index contributed by atoms with van der Waals surface area (Å²) in [6.07, 6.45) is 0. The average Bonchev–Trinajstić information content (AvgIpc) is 3.09. The predicted octanol–water partition coefficient (Wildman–Crippen LogP) is 2.86. The Morgan fingerprint density at radius 3 is 2.21 bits per heavy atom. The van der Waals surface area contributed by atoms with Crippen molar-refractivity contribution in [3.05, 3.63) is 64.9 Å². The molecular formula is C26H31N3O4. The van der Waals surface area contributed by atoms with Crippen molar-refractivity contribution in [1.82, 2.24) is 9.80 Å². The topological polar surface area (TPSA) is 62.3 Å². The van der Waals surface area contributed by atoms with E-state index in [2.05, 4.69) is 9.80 Å². The largest absolute Gasteiger partial charge is 0.495 e. The maximum atomic E-state index is 13.4. The van der Waals surface area contributed by atoms with Crippen LogP contribution in [0.15, 0.2) is 48.2 Å². The van der Waals surface area contributed by atoms with E-state index in [1.165, 1.54) is 4.90 Å². The first-order chi connectivity index (χ1) is 16.0. The zero-order chi connectivity index (χ0) is 23.5. The Bertz CT molecular complexity index is 1090. The molecule has 7 heteroatoms. The van der Waals surface area contributed by atoms with Gasteiger partial charge in [0, 0.05) is 33.3 Å². The van der Waals surface area contributed by atoms with Gasteiger partial charge in [0.25, 0.3) is 11.8 Å². The number of anilines is 1. The predicted molar refractivity (Wildman–Crippen MR) is 128 cm³/mol. The molecule has 0 bridgehead atoms. The van der Waals surface area contributed by atoms with Crippen molar-refractivity contribution in [2.24, 2.45) is 0 Å². The zero-order valence-electron chi connectivity index (χ0n) is 19.8. The van der Waals surface area contributed by atoms with E-state index >= 15 is 0 Å². The summed E-state index contributed by atoms with van der Waals surface area (Å²) in [4.78, 5) is 32.4. The monoisotopic (exact) mass is 449 g/mol. The third-order valence-corrected chi connectivity index (χ3v) is 6.48. The molecule has 2 aliphatic heterocycles. The van der Waals surface area contributed by atoms with Crippen molar-refractivity contribution in [2.45, 2.75) is 13.8 Å². The molecule has 0 unspecified atom stereocenters.